The molecule has 0 saturated heterocycles. The second kappa shape index (κ2) is 8.68. The Morgan fingerprint density at radius 2 is 2.08 bits per heavy atom. The number of carbonyl (C=O) groups is 1. The van der Waals surface area contributed by atoms with Crippen LogP contribution in [0.2, 0.25) is 1.41 Å². The lowest BCUT2D eigenvalue weighted by Gasteiger charge is -2.11. The van der Waals surface area contributed by atoms with Crippen molar-refractivity contribution < 1.29 is 6.21 Å². The molecule has 0 aliphatic rings. The largest absolute Gasteiger partial charge is 0.369 e. The van der Waals surface area contributed by atoms with E-state index in [9.17, 15) is 4.79 Å². The van der Waals surface area contributed by atoms with E-state index in [-0.39, 0.29) is 11.2 Å². The molecule has 0 saturated carbocycles. The fourth-order valence-electron chi connectivity index (χ4n) is 0.683. The summed E-state index contributed by atoms with van der Waals surface area (Å²) in [6.07, 6.45) is 0. The monoisotopic (exact) mass is 224 g/mol. The van der Waals surface area contributed by atoms with Crippen molar-refractivity contribution in [1.82, 2.24) is 0 Å². The zero-order chi connectivity index (χ0) is 10.8. The number of hydrogen-bond donors (Lipinski definition) is 3. The average molecular weight is 224 g/mol. The first-order chi connectivity index (χ1) is 6.76. The molecule has 0 rings (SSSR count). The summed E-state index contributed by atoms with van der Waals surface area (Å²) in [5.74, 6) is 2.01. The maximum Gasteiger partial charge on any atom is 0.231 e. The fraction of sp³-hybridized carbons (Fsp3) is 0.857. The highest BCUT2D eigenvalue weighted by Gasteiger charge is 2.14. The number of rotatable bonds is 8. The van der Waals surface area contributed by atoms with Crippen molar-refractivity contribution in [2.24, 2.45) is 17.2 Å². The lowest BCUT2D eigenvalue weighted by Crippen LogP contribution is -2.29. The predicted octanol–water partition coefficient (Wildman–Crippen LogP) is -0.776. The van der Waals surface area contributed by atoms with E-state index in [4.69, 9.17) is 12.9 Å². The second-order valence-electron chi connectivity index (χ2n) is 2.38. The Morgan fingerprint density at radius 1 is 1.38 bits per heavy atom. The SMILES string of the molecule is [2H]NC(=O)C(CSCCN)SCCN. The van der Waals surface area contributed by atoms with Gasteiger partial charge in [0.1, 0.15) is 0 Å². The molecule has 0 aliphatic heterocycles. The van der Waals surface area contributed by atoms with Crippen LogP contribution in [0.25, 0.3) is 0 Å². The van der Waals surface area contributed by atoms with E-state index < -0.39 is 0 Å². The van der Waals surface area contributed by atoms with E-state index in [1.165, 1.54) is 11.8 Å². The molecule has 78 valence electrons. The van der Waals surface area contributed by atoms with Crippen LogP contribution >= 0.6 is 23.5 Å². The minimum Gasteiger partial charge on any atom is -0.369 e. The highest BCUT2D eigenvalue weighted by molar-refractivity contribution is 8.03. The van der Waals surface area contributed by atoms with Gasteiger partial charge in [-0.2, -0.15) is 11.8 Å². The molecule has 0 bridgehead atoms. The molecule has 0 spiro atoms. The first kappa shape index (κ1) is 11.2. The molecule has 0 aromatic heterocycles. The smallest absolute Gasteiger partial charge is 0.231 e. The molecule has 0 radical (unpaired) electrons. The number of amides is 1. The molecule has 13 heavy (non-hydrogen) atoms. The van der Waals surface area contributed by atoms with Crippen molar-refractivity contribution in [1.29, 1.82) is 0 Å². The predicted molar refractivity (Wildman–Crippen MR) is 60.9 cm³/mol. The molecule has 0 aromatic rings. The van der Waals surface area contributed by atoms with Crippen LogP contribution in [0.15, 0.2) is 0 Å². The van der Waals surface area contributed by atoms with E-state index in [2.05, 4.69) is 0 Å². The van der Waals surface area contributed by atoms with Gasteiger partial charge < -0.3 is 17.2 Å². The van der Waals surface area contributed by atoms with Gasteiger partial charge in [0.25, 0.3) is 0 Å². The average Bonchev–Trinajstić information content (AvgIpc) is 2.22. The van der Waals surface area contributed by atoms with E-state index in [1.807, 2.05) is 5.73 Å². The van der Waals surface area contributed by atoms with Crippen LogP contribution in [-0.4, -0.2) is 41.5 Å². The molecule has 0 aliphatic carbocycles. The third-order valence-electron chi connectivity index (χ3n) is 1.26. The Kier molecular flexibility index (Phi) is 7.45. The molecule has 6 heteroatoms. The summed E-state index contributed by atoms with van der Waals surface area (Å²) in [7, 11) is 0. The summed E-state index contributed by atoms with van der Waals surface area (Å²) in [6.45, 7) is 1.16. The lowest BCUT2D eigenvalue weighted by atomic mass is 10.5. The summed E-state index contributed by atoms with van der Waals surface area (Å²) in [4.78, 5) is 11.2. The van der Waals surface area contributed by atoms with Crippen LogP contribution in [0.3, 0.4) is 0 Å². The van der Waals surface area contributed by atoms with Crippen molar-refractivity contribution in [3.63, 3.8) is 0 Å². The molecule has 1 amide bonds. The number of carbonyl (C=O) groups excluding carboxylic acids is 1. The van der Waals surface area contributed by atoms with Gasteiger partial charge in [-0.3, -0.25) is 4.79 Å². The van der Waals surface area contributed by atoms with Gasteiger partial charge in [0.05, 0.1) is 5.25 Å². The van der Waals surface area contributed by atoms with Crippen LogP contribution in [0.5, 0.6) is 0 Å². The molecular formula is C7H17N3OS2. The lowest BCUT2D eigenvalue weighted by molar-refractivity contribution is -0.117. The zero-order valence-corrected chi connectivity index (χ0v) is 9.13. The highest BCUT2D eigenvalue weighted by atomic mass is 32.2. The minimum absolute atomic E-state index is 0.187. The summed E-state index contributed by atoms with van der Waals surface area (Å²) in [6, 6.07) is 0. The van der Waals surface area contributed by atoms with Crippen LogP contribution in [0.1, 0.15) is 0 Å². The first-order valence-corrected chi connectivity index (χ1v) is 6.27. The van der Waals surface area contributed by atoms with Gasteiger partial charge in [-0.15, -0.1) is 11.8 Å². The van der Waals surface area contributed by atoms with Gasteiger partial charge in [0, 0.05) is 30.3 Å². The fourth-order valence-corrected chi connectivity index (χ4v) is 2.63. The molecular weight excluding hydrogens is 206 g/mol. The van der Waals surface area contributed by atoms with Crippen molar-refractivity contribution >= 4 is 29.4 Å². The summed E-state index contributed by atoms with van der Waals surface area (Å²) in [5.41, 5.74) is 12.6. The third-order valence-corrected chi connectivity index (χ3v) is 3.82. The summed E-state index contributed by atoms with van der Waals surface area (Å²) >= 11 is 3.11. The van der Waals surface area contributed by atoms with Crippen LogP contribution in [0.4, 0.5) is 0 Å². The summed E-state index contributed by atoms with van der Waals surface area (Å²) < 4.78 is 6.78. The Balaban J connectivity index is 3.78. The van der Waals surface area contributed by atoms with Gasteiger partial charge in [-0.25, -0.2) is 0 Å². The summed E-state index contributed by atoms with van der Waals surface area (Å²) in [5, 5.41) is -0.187. The molecule has 0 heterocycles. The van der Waals surface area contributed by atoms with Gasteiger partial charge in [0.15, 0.2) is 1.41 Å². The molecule has 0 fully saturated rings. The van der Waals surface area contributed by atoms with Crippen molar-refractivity contribution in [2.75, 3.05) is 30.3 Å². The Morgan fingerprint density at radius 3 is 2.62 bits per heavy atom. The Hall–Kier alpha value is 0.0900. The van der Waals surface area contributed by atoms with Crippen LogP contribution in [0, 0.1) is 0 Å². The van der Waals surface area contributed by atoms with Crippen LogP contribution in [-0.2, 0) is 4.79 Å². The maximum absolute atomic E-state index is 11.2. The maximum atomic E-state index is 11.2. The van der Waals surface area contributed by atoms with Gasteiger partial charge in [0.2, 0.25) is 5.91 Å². The number of hydrogen-bond acceptors (Lipinski definition) is 5. The van der Waals surface area contributed by atoms with E-state index in [0.717, 1.165) is 11.5 Å². The van der Waals surface area contributed by atoms with Gasteiger partial charge in [-0.05, 0) is 0 Å². The van der Waals surface area contributed by atoms with E-state index in [1.54, 1.807) is 11.8 Å². The van der Waals surface area contributed by atoms with Crippen molar-refractivity contribution in [3.8, 4) is 0 Å². The Bertz CT molecular complexity index is 162. The topological polar surface area (TPSA) is 95.1 Å². The second-order valence-corrected chi connectivity index (χ2v) is 4.84. The first-order valence-electron chi connectivity index (χ1n) is 4.57. The van der Waals surface area contributed by atoms with Crippen LogP contribution < -0.4 is 17.2 Å². The quantitative estimate of drug-likeness (QED) is 0.470. The molecule has 0 aromatic carbocycles. The molecule has 6 N–H and O–H groups in total. The minimum atomic E-state index is -0.257. The third kappa shape index (κ3) is 7.18. The standard InChI is InChI=1S/C7H17N3OS2/c8-1-3-12-5-6(7(10)11)13-4-2-9/h6H,1-5,8-9H2,(H2,10,11)/i/hD. The van der Waals surface area contributed by atoms with Gasteiger partial charge in [-0.1, -0.05) is 0 Å². The van der Waals surface area contributed by atoms with E-state index in [0.29, 0.717) is 18.8 Å². The highest BCUT2D eigenvalue weighted by Crippen LogP contribution is 2.15. The number of nitrogens with two attached hydrogens (primary N) is 3. The number of primary amides is 1. The molecule has 1 unspecified atom stereocenters. The van der Waals surface area contributed by atoms with Crippen molar-refractivity contribution in [2.45, 2.75) is 5.25 Å². The Labute approximate surface area is 88.8 Å². The van der Waals surface area contributed by atoms with Gasteiger partial charge >= 0.3 is 0 Å². The zero-order valence-electron chi connectivity index (χ0n) is 8.49. The number of thioether (sulfide) groups is 2. The van der Waals surface area contributed by atoms with Crippen molar-refractivity contribution in [3.05, 3.63) is 0 Å². The normalized spacial score (nSPS) is 13.5. The molecule has 1 atom stereocenters. The molecule has 4 nitrogen and oxygen atoms in total. The van der Waals surface area contributed by atoms with E-state index >= 15 is 0 Å².